The number of benzene rings is 1. The second-order valence-corrected chi connectivity index (χ2v) is 5.72. The van der Waals surface area contributed by atoms with Gasteiger partial charge in [0, 0.05) is 17.4 Å². The summed E-state index contributed by atoms with van der Waals surface area (Å²) in [7, 11) is 0. The van der Waals surface area contributed by atoms with Gasteiger partial charge in [-0.15, -0.1) is 0 Å². The molecule has 3 rings (SSSR count). The first kappa shape index (κ1) is 15.2. The highest BCUT2D eigenvalue weighted by molar-refractivity contribution is 5.95. The molecule has 23 heavy (non-hydrogen) atoms. The number of nitro groups is 1. The Morgan fingerprint density at radius 2 is 2.00 bits per heavy atom. The van der Waals surface area contributed by atoms with Crippen LogP contribution >= 0.6 is 0 Å². The molecule has 1 heterocycles. The van der Waals surface area contributed by atoms with Gasteiger partial charge >= 0.3 is 11.3 Å². The molecule has 120 valence electrons. The lowest BCUT2D eigenvalue weighted by atomic mass is 9.88. The maximum Gasteiger partial charge on any atom is 0.360 e. The van der Waals surface area contributed by atoms with Gasteiger partial charge in [-0.2, -0.15) is 0 Å². The molecule has 1 saturated carbocycles. The van der Waals surface area contributed by atoms with Gasteiger partial charge in [-0.25, -0.2) is 4.79 Å². The minimum atomic E-state index is -0.782. The van der Waals surface area contributed by atoms with E-state index in [1.807, 2.05) is 0 Å². The fourth-order valence-electron chi connectivity index (χ4n) is 2.96. The number of nitrogens with one attached hydrogen (secondary N) is 1. The maximum absolute atomic E-state index is 12.2. The normalized spacial score (nSPS) is 15.5. The average molecular weight is 316 g/mol. The van der Waals surface area contributed by atoms with Crippen LogP contribution in [-0.2, 0) is 4.79 Å². The monoisotopic (exact) mass is 316 g/mol. The van der Waals surface area contributed by atoms with Crippen molar-refractivity contribution in [2.75, 3.05) is 5.32 Å². The predicted octanol–water partition coefficient (Wildman–Crippen LogP) is 3.22. The first-order valence-corrected chi connectivity index (χ1v) is 7.58. The molecule has 0 atom stereocenters. The number of fused-ring (bicyclic) bond motifs is 1. The molecule has 1 aliphatic carbocycles. The summed E-state index contributed by atoms with van der Waals surface area (Å²) in [4.78, 5) is 34.6. The topological polar surface area (TPSA) is 102 Å². The molecule has 7 nitrogen and oxygen atoms in total. The Balaban J connectivity index is 1.93. The first-order valence-electron chi connectivity index (χ1n) is 7.58. The fraction of sp³-hybridized carbons (Fsp3) is 0.375. The predicted molar refractivity (Wildman–Crippen MR) is 84.3 cm³/mol. The van der Waals surface area contributed by atoms with Crippen LogP contribution in [-0.4, -0.2) is 10.8 Å². The van der Waals surface area contributed by atoms with Crippen LogP contribution in [0.4, 0.5) is 11.4 Å². The van der Waals surface area contributed by atoms with Crippen molar-refractivity contribution in [3.63, 3.8) is 0 Å². The second kappa shape index (κ2) is 6.20. The van der Waals surface area contributed by atoms with E-state index in [1.165, 1.54) is 18.2 Å². The van der Waals surface area contributed by atoms with Gasteiger partial charge in [0.15, 0.2) is 0 Å². The van der Waals surface area contributed by atoms with Gasteiger partial charge in [-0.05, 0) is 18.9 Å². The highest BCUT2D eigenvalue weighted by Crippen LogP contribution is 2.27. The van der Waals surface area contributed by atoms with E-state index in [-0.39, 0.29) is 28.8 Å². The maximum atomic E-state index is 12.2. The number of carbonyl (C=O) groups excluding carboxylic acids is 1. The Labute approximate surface area is 131 Å². The lowest BCUT2D eigenvalue weighted by Crippen LogP contribution is -2.27. The van der Waals surface area contributed by atoms with E-state index < -0.39 is 10.5 Å². The van der Waals surface area contributed by atoms with Crippen molar-refractivity contribution in [1.82, 2.24) is 0 Å². The average Bonchev–Trinajstić information content (AvgIpc) is 2.55. The molecule has 0 spiro atoms. The largest absolute Gasteiger partial charge is 0.414 e. The van der Waals surface area contributed by atoms with Crippen LogP contribution in [0, 0.1) is 16.0 Å². The summed E-state index contributed by atoms with van der Waals surface area (Å²) in [6, 6.07) is 5.80. The van der Waals surface area contributed by atoms with E-state index in [1.54, 1.807) is 6.07 Å². The summed E-state index contributed by atoms with van der Waals surface area (Å²) in [5.41, 5.74) is -1.12. The summed E-state index contributed by atoms with van der Waals surface area (Å²) in [6.45, 7) is 0. The third-order valence-electron chi connectivity index (χ3n) is 4.17. The summed E-state index contributed by atoms with van der Waals surface area (Å²) < 4.78 is 5.06. The van der Waals surface area contributed by atoms with Gasteiger partial charge in [0.25, 0.3) is 0 Å². The number of amides is 1. The molecule has 7 heteroatoms. The SMILES string of the molecule is O=C(Nc1cc2cccc([N+](=O)[O-])c2oc1=O)C1CCCCC1. The van der Waals surface area contributed by atoms with E-state index in [0.29, 0.717) is 5.39 Å². The van der Waals surface area contributed by atoms with Crippen molar-refractivity contribution in [3.05, 3.63) is 44.8 Å². The third kappa shape index (κ3) is 3.08. The number of anilines is 1. The Bertz CT molecular complexity index is 821. The van der Waals surface area contributed by atoms with Gasteiger partial charge in [0.2, 0.25) is 11.5 Å². The summed E-state index contributed by atoms with van der Waals surface area (Å²) >= 11 is 0. The van der Waals surface area contributed by atoms with Crippen LogP contribution in [0.1, 0.15) is 32.1 Å². The molecule has 0 saturated heterocycles. The van der Waals surface area contributed by atoms with Crippen LogP contribution in [0.25, 0.3) is 11.0 Å². The second-order valence-electron chi connectivity index (χ2n) is 5.72. The molecule has 1 aromatic carbocycles. The molecular formula is C16H16N2O5. The van der Waals surface area contributed by atoms with Crippen molar-refractivity contribution in [3.8, 4) is 0 Å². The molecule has 2 aromatic rings. The van der Waals surface area contributed by atoms with E-state index in [9.17, 15) is 19.7 Å². The molecule has 1 fully saturated rings. The molecular weight excluding hydrogens is 300 g/mol. The highest BCUT2D eigenvalue weighted by Gasteiger charge is 2.23. The van der Waals surface area contributed by atoms with Crippen LogP contribution in [0.5, 0.6) is 0 Å². The Kier molecular flexibility index (Phi) is 4.10. The zero-order valence-electron chi connectivity index (χ0n) is 12.4. The van der Waals surface area contributed by atoms with Gasteiger partial charge < -0.3 is 9.73 Å². The van der Waals surface area contributed by atoms with Crippen molar-refractivity contribution in [2.24, 2.45) is 5.92 Å². The number of carbonyl (C=O) groups is 1. The van der Waals surface area contributed by atoms with Crippen molar-refractivity contribution in [1.29, 1.82) is 0 Å². The van der Waals surface area contributed by atoms with E-state index in [4.69, 9.17) is 4.42 Å². The molecule has 0 radical (unpaired) electrons. The zero-order valence-corrected chi connectivity index (χ0v) is 12.4. The standard InChI is InChI=1S/C16H16N2O5/c19-15(10-5-2-1-3-6-10)17-12-9-11-7-4-8-13(18(21)22)14(11)23-16(12)20/h4,7-10H,1-3,5-6H2,(H,17,19). The first-order chi connectivity index (χ1) is 11.1. The molecule has 1 aliphatic rings. The van der Waals surface area contributed by atoms with Crippen molar-refractivity contribution in [2.45, 2.75) is 32.1 Å². The van der Waals surface area contributed by atoms with E-state index in [2.05, 4.69) is 5.32 Å². The molecule has 0 unspecified atom stereocenters. The number of hydrogen-bond acceptors (Lipinski definition) is 5. The molecule has 0 bridgehead atoms. The van der Waals surface area contributed by atoms with Crippen LogP contribution < -0.4 is 10.9 Å². The Morgan fingerprint density at radius 3 is 2.70 bits per heavy atom. The number of non-ortho nitro benzene ring substituents is 1. The van der Waals surface area contributed by atoms with Crippen molar-refractivity contribution >= 4 is 28.3 Å². The fourth-order valence-corrected chi connectivity index (χ4v) is 2.96. The smallest absolute Gasteiger partial charge is 0.360 e. The Hall–Kier alpha value is -2.70. The van der Waals surface area contributed by atoms with Crippen LogP contribution in [0.15, 0.2) is 33.5 Å². The number of nitrogens with zero attached hydrogens (tertiary/aromatic N) is 1. The zero-order chi connectivity index (χ0) is 16.4. The Morgan fingerprint density at radius 1 is 1.26 bits per heavy atom. The number of hydrogen-bond donors (Lipinski definition) is 1. The lowest BCUT2D eigenvalue weighted by molar-refractivity contribution is -0.383. The molecule has 1 amide bonds. The quantitative estimate of drug-likeness (QED) is 0.532. The number of nitro benzene ring substituents is 1. The van der Waals surface area contributed by atoms with Crippen LogP contribution in [0.3, 0.4) is 0 Å². The summed E-state index contributed by atoms with van der Waals surface area (Å²) in [5.74, 6) is -0.286. The van der Waals surface area contributed by atoms with Crippen LogP contribution in [0.2, 0.25) is 0 Å². The molecule has 1 aromatic heterocycles. The lowest BCUT2D eigenvalue weighted by Gasteiger charge is -2.20. The van der Waals surface area contributed by atoms with Crippen molar-refractivity contribution < 1.29 is 14.1 Å². The summed E-state index contributed by atoms with van der Waals surface area (Å²) in [6.07, 6.45) is 4.78. The highest BCUT2D eigenvalue weighted by atomic mass is 16.6. The van der Waals surface area contributed by atoms with Gasteiger partial charge in [0.1, 0.15) is 5.69 Å². The van der Waals surface area contributed by atoms with E-state index >= 15 is 0 Å². The number of rotatable bonds is 3. The molecule has 1 N–H and O–H groups in total. The van der Waals surface area contributed by atoms with Gasteiger partial charge in [-0.3, -0.25) is 14.9 Å². The van der Waals surface area contributed by atoms with Gasteiger partial charge in [-0.1, -0.05) is 31.4 Å². The van der Waals surface area contributed by atoms with Gasteiger partial charge in [0.05, 0.1) is 4.92 Å². The summed E-state index contributed by atoms with van der Waals surface area (Å²) in [5, 5.41) is 14.0. The number of para-hydroxylation sites is 1. The van der Waals surface area contributed by atoms with E-state index in [0.717, 1.165) is 32.1 Å². The molecule has 0 aliphatic heterocycles. The third-order valence-corrected chi connectivity index (χ3v) is 4.17. The minimum Gasteiger partial charge on any atom is -0.414 e. The minimum absolute atomic E-state index is 0.0218.